The Morgan fingerprint density at radius 3 is 2.03 bits per heavy atom. The van der Waals surface area contributed by atoms with E-state index in [0.29, 0.717) is 5.69 Å². The summed E-state index contributed by atoms with van der Waals surface area (Å²) < 4.78 is 32.5. The zero-order valence-electron chi connectivity index (χ0n) is 16.7. The number of hydrogen-bond acceptors (Lipinski definition) is 4. The number of nitrogens with one attached hydrogen (secondary N) is 3. The van der Waals surface area contributed by atoms with Crippen LogP contribution in [0.1, 0.15) is 20.8 Å². The predicted molar refractivity (Wildman–Crippen MR) is 108 cm³/mol. The Hall–Kier alpha value is -3.49. The molecule has 0 heterocycles. The van der Waals surface area contributed by atoms with E-state index >= 15 is 0 Å². The molecule has 0 saturated heterocycles. The number of rotatable bonds is 7. The number of urea groups is 1. The van der Waals surface area contributed by atoms with Gasteiger partial charge in [-0.25, -0.2) is 18.4 Å². The van der Waals surface area contributed by atoms with Crippen molar-refractivity contribution in [3.63, 3.8) is 0 Å². The highest BCUT2D eigenvalue weighted by Crippen LogP contribution is 2.18. The van der Waals surface area contributed by atoms with E-state index in [0.717, 1.165) is 18.2 Å². The molecule has 7 nitrogen and oxygen atoms in total. The molecule has 2 aromatic rings. The molecule has 2 aromatic carbocycles. The lowest BCUT2D eigenvalue weighted by atomic mass is 10.0. The van der Waals surface area contributed by atoms with Gasteiger partial charge in [0.2, 0.25) is 0 Å². The molecule has 0 aliphatic rings. The number of esters is 1. The molecule has 0 fully saturated rings. The van der Waals surface area contributed by atoms with Gasteiger partial charge < -0.3 is 20.7 Å². The number of carbonyl (C=O) groups is 3. The number of benzene rings is 2. The second-order valence-corrected chi connectivity index (χ2v) is 6.85. The number of hydrogen-bond donors (Lipinski definition) is 3. The standard InChI is InChI=1S/C21H23F2N3O4/c1-12(2)17(26-21(29)24-14-8-5-4-6-9-14)20(28)30-13(3)19(27)25-18-15(22)10-7-11-16(18)23/h4-13,17H,1-3H3,(H,25,27)(H2,24,26,29)/t13-,17+/m0/s1. The van der Waals surface area contributed by atoms with Crippen molar-refractivity contribution >= 4 is 29.3 Å². The minimum absolute atomic E-state index is 0.349. The van der Waals surface area contributed by atoms with Crippen LogP contribution >= 0.6 is 0 Å². The summed E-state index contributed by atoms with van der Waals surface area (Å²) in [6.07, 6.45) is -1.35. The molecular formula is C21H23F2N3O4. The van der Waals surface area contributed by atoms with Crippen molar-refractivity contribution in [3.05, 3.63) is 60.2 Å². The molecule has 2 atom stereocenters. The zero-order valence-corrected chi connectivity index (χ0v) is 16.7. The minimum Gasteiger partial charge on any atom is -0.451 e. The number of carbonyl (C=O) groups excluding carboxylic acids is 3. The van der Waals surface area contributed by atoms with Crippen LogP contribution in [0.4, 0.5) is 25.0 Å². The van der Waals surface area contributed by atoms with Gasteiger partial charge in [0.05, 0.1) is 0 Å². The Kier molecular flexibility index (Phi) is 7.85. The van der Waals surface area contributed by atoms with Crippen molar-refractivity contribution in [3.8, 4) is 0 Å². The molecule has 9 heteroatoms. The average Bonchev–Trinajstić information content (AvgIpc) is 2.69. The topological polar surface area (TPSA) is 96.5 Å². The smallest absolute Gasteiger partial charge is 0.329 e. The van der Waals surface area contributed by atoms with Gasteiger partial charge in [0.15, 0.2) is 6.10 Å². The third-order valence-electron chi connectivity index (χ3n) is 4.11. The zero-order chi connectivity index (χ0) is 22.3. The van der Waals surface area contributed by atoms with Crippen molar-refractivity contribution in [2.24, 2.45) is 5.92 Å². The first kappa shape index (κ1) is 22.8. The molecule has 0 bridgehead atoms. The van der Waals surface area contributed by atoms with E-state index in [2.05, 4.69) is 16.0 Å². The highest BCUT2D eigenvalue weighted by Gasteiger charge is 2.29. The van der Waals surface area contributed by atoms with Crippen LogP contribution < -0.4 is 16.0 Å². The lowest BCUT2D eigenvalue weighted by Crippen LogP contribution is -2.48. The first-order valence-electron chi connectivity index (χ1n) is 9.27. The lowest BCUT2D eigenvalue weighted by Gasteiger charge is -2.23. The Morgan fingerprint density at radius 1 is 0.867 bits per heavy atom. The summed E-state index contributed by atoms with van der Waals surface area (Å²) >= 11 is 0. The molecule has 0 saturated carbocycles. The number of halogens is 2. The second-order valence-electron chi connectivity index (χ2n) is 6.85. The summed E-state index contributed by atoms with van der Waals surface area (Å²) in [6, 6.07) is 10.1. The molecule has 0 radical (unpaired) electrons. The average molecular weight is 419 g/mol. The maximum Gasteiger partial charge on any atom is 0.329 e. The van der Waals surface area contributed by atoms with E-state index in [1.165, 1.54) is 6.92 Å². The summed E-state index contributed by atoms with van der Waals surface area (Å²) in [4.78, 5) is 36.8. The first-order chi connectivity index (χ1) is 14.2. The van der Waals surface area contributed by atoms with E-state index in [1.807, 2.05) is 0 Å². The minimum atomic E-state index is -1.35. The van der Waals surface area contributed by atoms with Gasteiger partial charge in [-0.3, -0.25) is 4.79 Å². The van der Waals surface area contributed by atoms with E-state index < -0.39 is 47.4 Å². The van der Waals surface area contributed by atoms with Gasteiger partial charge in [0, 0.05) is 5.69 Å². The molecular weight excluding hydrogens is 396 g/mol. The van der Waals surface area contributed by atoms with Crippen LogP contribution in [0.15, 0.2) is 48.5 Å². The summed E-state index contributed by atoms with van der Waals surface area (Å²) in [5.74, 6) is -4.03. The monoisotopic (exact) mass is 419 g/mol. The molecule has 3 amide bonds. The first-order valence-corrected chi connectivity index (χ1v) is 9.27. The van der Waals surface area contributed by atoms with Gasteiger partial charge >= 0.3 is 12.0 Å². The summed E-state index contributed by atoms with van der Waals surface area (Å²) in [7, 11) is 0. The van der Waals surface area contributed by atoms with Crippen LogP contribution in [-0.2, 0) is 14.3 Å². The Balaban J connectivity index is 1.98. The van der Waals surface area contributed by atoms with Crippen LogP contribution in [0.2, 0.25) is 0 Å². The molecule has 2 rings (SSSR count). The third kappa shape index (κ3) is 6.26. The maximum atomic E-state index is 13.7. The van der Waals surface area contributed by atoms with Crippen molar-refractivity contribution in [1.29, 1.82) is 0 Å². The fourth-order valence-electron chi connectivity index (χ4n) is 2.47. The SMILES string of the molecule is CC(C)[C@@H](NC(=O)Nc1ccccc1)C(=O)O[C@@H](C)C(=O)Nc1c(F)cccc1F. The van der Waals surface area contributed by atoms with E-state index in [9.17, 15) is 23.2 Å². The van der Waals surface area contributed by atoms with E-state index in [4.69, 9.17) is 4.74 Å². The lowest BCUT2D eigenvalue weighted by molar-refractivity contribution is -0.156. The van der Waals surface area contributed by atoms with Crippen molar-refractivity contribution in [2.75, 3.05) is 10.6 Å². The van der Waals surface area contributed by atoms with Crippen LogP contribution in [0.3, 0.4) is 0 Å². The van der Waals surface area contributed by atoms with Gasteiger partial charge in [-0.15, -0.1) is 0 Å². The Bertz CT molecular complexity index is 886. The van der Waals surface area contributed by atoms with Crippen LogP contribution in [0, 0.1) is 17.6 Å². The van der Waals surface area contributed by atoms with Crippen LogP contribution in [0.5, 0.6) is 0 Å². The second kappa shape index (κ2) is 10.3. The summed E-state index contributed by atoms with van der Waals surface area (Å²) in [6.45, 7) is 4.63. The van der Waals surface area contributed by atoms with E-state index in [-0.39, 0.29) is 5.92 Å². The maximum absolute atomic E-state index is 13.7. The molecule has 160 valence electrons. The fraction of sp³-hybridized carbons (Fsp3) is 0.286. The number of ether oxygens (including phenoxy) is 1. The third-order valence-corrected chi connectivity index (χ3v) is 4.11. The molecule has 0 aliphatic carbocycles. The molecule has 3 N–H and O–H groups in total. The molecule has 30 heavy (non-hydrogen) atoms. The fourth-order valence-corrected chi connectivity index (χ4v) is 2.47. The van der Waals surface area contributed by atoms with Crippen molar-refractivity contribution in [2.45, 2.75) is 32.9 Å². The van der Waals surface area contributed by atoms with Crippen LogP contribution in [-0.4, -0.2) is 30.1 Å². The highest BCUT2D eigenvalue weighted by atomic mass is 19.1. The van der Waals surface area contributed by atoms with Gasteiger partial charge in [0.25, 0.3) is 5.91 Å². The quantitative estimate of drug-likeness (QED) is 0.597. The number of anilines is 2. The normalized spacial score (nSPS) is 12.6. The Labute approximate surface area is 172 Å². The number of para-hydroxylation sites is 2. The van der Waals surface area contributed by atoms with Crippen molar-refractivity contribution < 1.29 is 27.9 Å². The molecule has 0 unspecified atom stereocenters. The van der Waals surface area contributed by atoms with Gasteiger partial charge in [-0.2, -0.15) is 0 Å². The van der Waals surface area contributed by atoms with Gasteiger partial charge in [-0.05, 0) is 37.1 Å². The van der Waals surface area contributed by atoms with Gasteiger partial charge in [-0.1, -0.05) is 38.1 Å². The molecule has 0 spiro atoms. The molecule has 0 aliphatic heterocycles. The number of amides is 3. The van der Waals surface area contributed by atoms with Crippen LogP contribution in [0.25, 0.3) is 0 Å². The largest absolute Gasteiger partial charge is 0.451 e. The predicted octanol–water partition coefficient (Wildman–Crippen LogP) is 3.68. The van der Waals surface area contributed by atoms with Gasteiger partial charge in [0.1, 0.15) is 23.4 Å². The Morgan fingerprint density at radius 2 is 1.47 bits per heavy atom. The highest BCUT2D eigenvalue weighted by molar-refractivity contribution is 5.96. The van der Waals surface area contributed by atoms with Crippen molar-refractivity contribution in [1.82, 2.24) is 5.32 Å². The molecule has 0 aromatic heterocycles. The summed E-state index contributed by atoms with van der Waals surface area (Å²) in [5.41, 5.74) is -0.100. The van der Waals surface area contributed by atoms with E-state index in [1.54, 1.807) is 44.2 Å². The summed E-state index contributed by atoms with van der Waals surface area (Å²) in [5, 5.41) is 7.14.